The highest BCUT2D eigenvalue weighted by molar-refractivity contribution is 7.80. The number of hydrazone groups is 1. The Balaban J connectivity index is 1.63. The summed E-state index contributed by atoms with van der Waals surface area (Å²) in [5.74, 6) is -1.53. The average molecular weight is 442 g/mol. The van der Waals surface area contributed by atoms with Crippen LogP contribution in [0.1, 0.15) is 17.5 Å². The first-order chi connectivity index (χ1) is 13.8. The number of benzene rings is 2. The van der Waals surface area contributed by atoms with E-state index >= 15 is 0 Å². The summed E-state index contributed by atoms with van der Waals surface area (Å²) in [4.78, 5) is 1.76. The molecular formula is C19H19ClF3N5S. The zero-order chi connectivity index (χ0) is 21.0. The predicted molar refractivity (Wildman–Crippen MR) is 113 cm³/mol. The van der Waals surface area contributed by atoms with Crippen LogP contribution in [0.5, 0.6) is 0 Å². The van der Waals surface area contributed by atoms with E-state index in [1.165, 1.54) is 18.2 Å². The Bertz CT molecular complexity index is 940. The normalized spacial score (nSPS) is 16.6. The van der Waals surface area contributed by atoms with Crippen molar-refractivity contribution < 1.29 is 13.2 Å². The molecule has 1 heterocycles. The summed E-state index contributed by atoms with van der Waals surface area (Å²) in [6, 6.07) is 6.44. The molecule has 0 aromatic heterocycles. The zero-order valence-corrected chi connectivity index (χ0v) is 16.8. The van der Waals surface area contributed by atoms with Crippen molar-refractivity contribution in [1.82, 2.24) is 10.7 Å². The molecule has 1 fully saturated rings. The van der Waals surface area contributed by atoms with Crippen LogP contribution >= 0.6 is 23.8 Å². The summed E-state index contributed by atoms with van der Waals surface area (Å²) in [6.45, 7) is 1.43. The fourth-order valence-corrected chi connectivity index (χ4v) is 3.37. The molecule has 5 nitrogen and oxygen atoms in total. The number of hydrogen-bond acceptors (Lipinski definition) is 4. The second-order valence-corrected chi connectivity index (χ2v) is 7.45. The SMILES string of the molecule is NC(=S)NN=Cc1cc(F)c(N2CCC(NCc3cc(F)ccc3Cl)C2)cc1F. The number of hydrogen-bond donors (Lipinski definition) is 3. The number of halogens is 4. The molecule has 4 N–H and O–H groups in total. The average Bonchev–Trinajstić information content (AvgIpc) is 3.13. The Morgan fingerprint density at radius 3 is 2.83 bits per heavy atom. The maximum absolute atomic E-state index is 14.5. The van der Waals surface area contributed by atoms with Crippen LogP contribution in [-0.4, -0.2) is 30.5 Å². The highest BCUT2D eigenvalue weighted by Gasteiger charge is 2.25. The molecule has 1 atom stereocenters. The lowest BCUT2D eigenvalue weighted by Crippen LogP contribution is -2.32. The Hall–Kier alpha value is -2.36. The van der Waals surface area contributed by atoms with E-state index in [-0.39, 0.29) is 28.2 Å². The number of nitrogens with two attached hydrogens (primary N) is 1. The number of nitrogens with one attached hydrogen (secondary N) is 2. The number of thiocarbonyl (C=S) groups is 1. The van der Waals surface area contributed by atoms with Crippen LogP contribution in [0.3, 0.4) is 0 Å². The van der Waals surface area contributed by atoms with E-state index in [0.29, 0.717) is 30.2 Å². The van der Waals surface area contributed by atoms with Crippen molar-refractivity contribution in [3.63, 3.8) is 0 Å². The second-order valence-electron chi connectivity index (χ2n) is 6.61. The van der Waals surface area contributed by atoms with Crippen molar-refractivity contribution >= 4 is 40.8 Å². The van der Waals surface area contributed by atoms with E-state index < -0.39 is 11.6 Å². The lowest BCUT2D eigenvalue weighted by molar-refractivity contribution is 0.547. The molecule has 0 spiro atoms. The fourth-order valence-electron chi connectivity index (χ4n) is 3.14. The van der Waals surface area contributed by atoms with Crippen LogP contribution in [-0.2, 0) is 6.54 Å². The number of anilines is 1. The van der Waals surface area contributed by atoms with Gasteiger partial charge in [-0.05, 0) is 48.5 Å². The van der Waals surface area contributed by atoms with Crippen LogP contribution < -0.4 is 21.4 Å². The first-order valence-electron chi connectivity index (χ1n) is 8.83. The van der Waals surface area contributed by atoms with Gasteiger partial charge in [0.15, 0.2) is 5.11 Å². The van der Waals surface area contributed by atoms with Gasteiger partial charge in [0, 0.05) is 42.3 Å². The summed E-state index contributed by atoms with van der Waals surface area (Å²) in [5.41, 5.74) is 8.31. The smallest absolute Gasteiger partial charge is 0.184 e. The Morgan fingerprint density at radius 1 is 1.28 bits per heavy atom. The molecule has 1 aliphatic heterocycles. The molecule has 29 heavy (non-hydrogen) atoms. The summed E-state index contributed by atoms with van der Waals surface area (Å²) in [6.07, 6.45) is 1.84. The van der Waals surface area contributed by atoms with Gasteiger partial charge in [0.1, 0.15) is 17.5 Å². The third-order valence-corrected chi connectivity index (χ3v) is 5.02. The minimum Gasteiger partial charge on any atom is -0.375 e. The van der Waals surface area contributed by atoms with Gasteiger partial charge in [-0.25, -0.2) is 13.2 Å². The van der Waals surface area contributed by atoms with E-state index in [1.54, 1.807) is 4.90 Å². The molecule has 1 aliphatic rings. The molecular weight excluding hydrogens is 423 g/mol. The van der Waals surface area contributed by atoms with Crippen molar-refractivity contribution in [3.8, 4) is 0 Å². The minimum atomic E-state index is -0.613. The molecule has 3 rings (SSSR count). The molecule has 0 bridgehead atoms. The van der Waals surface area contributed by atoms with Gasteiger partial charge < -0.3 is 16.0 Å². The largest absolute Gasteiger partial charge is 0.375 e. The van der Waals surface area contributed by atoms with Crippen molar-refractivity contribution in [3.05, 3.63) is 63.9 Å². The van der Waals surface area contributed by atoms with Crippen molar-refractivity contribution in [1.29, 1.82) is 0 Å². The molecule has 2 aromatic carbocycles. The standard InChI is InChI=1S/C19H19ClF3N5S/c20-15-2-1-13(21)5-11(15)8-25-14-3-4-28(10-14)18-7-16(22)12(6-17(18)23)9-26-27-19(24)29/h1-2,5-7,9,14,25H,3-4,8,10H2,(H3,24,27,29). The van der Waals surface area contributed by atoms with E-state index in [4.69, 9.17) is 17.3 Å². The molecule has 0 amide bonds. The summed E-state index contributed by atoms with van der Waals surface area (Å²) in [7, 11) is 0. The molecule has 2 aromatic rings. The third-order valence-electron chi connectivity index (χ3n) is 4.56. The van der Waals surface area contributed by atoms with Gasteiger partial charge in [-0.1, -0.05) is 11.6 Å². The Morgan fingerprint density at radius 2 is 2.07 bits per heavy atom. The fraction of sp³-hybridized carbons (Fsp3) is 0.263. The monoisotopic (exact) mass is 441 g/mol. The Labute approximate surface area is 176 Å². The van der Waals surface area contributed by atoms with Crippen molar-refractivity contribution in [2.75, 3.05) is 18.0 Å². The third kappa shape index (κ3) is 5.59. The molecule has 154 valence electrons. The summed E-state index contributed by atoms with van der Waals surface area (Å²) < 4.78 is 42.2. The van der Waals surface area contributed by atoms with E-state index in [9.17, 15) is 13.2 Å². The maximum atomic E-state index is 14.5. The zero-order valence-electron chi connectivity index (χ0n) is 15.3. The quantitative estimate of drug-likeness (QED) is 0.365. The Kier molecular flexibility index (Phi) is 6.94. The molecule has 1 saturated heterocycles. The second kappa shape index (κ2) is 9.43. The number of rotatable bonds is 6. The minimum absolute atomic E-state index is 0.0235. The van der Waals surface area contributed by atoms with Crippen LogP contribution in [0.15, 0.2) is 35.4 Å². The van der Waals surface area contributed by atoms with Crippen LogP contribution in [0, 0.1) is 17.5 Å². The van der Waals surface area contributed by atoms with Crippen LogP contribution in [0.2, 0.25) is 5.02 Å². The van der Waals surface area contributed by atoms with Crippen molar-refractivity contribution in [2.24, 2.45) is 10.8 Å². The summed E-state index contributed by atoms with van der Waals surface area (Å²) >= 11 is 10.7. The molecule has 0 radical (unpaired) electrons. The maximum Gasteiger partial charge on any atom is 0.184 e. The lowest BCUT2D eigenvalue weighted by Gasteiger charge is -2.20. The molecule has 1 unspecified atom stereocenters. The van der Waals surface area contributed by atoms with E-state index in [2.05, 4.69) is 28.1 Å². The van der Waals surface area contributed by atoms with Crippen LogP contribution in [0.4, 0.5) is 18.9 Å². The highest BCUT2D eigenvalue weighted by Crippen LogP contribution is 2.26. The number of nitrogens with zero attached hydrogens (tertiary/aromatic N) is 2. The van der Waals surface area contributed by atoms with Crippen LogP contribution in [0.25, 0.3) is 0 Å². The topological polar surface area (TPSA) is 65.7 Å². The van der Waals surface area contributed by atoms with Crippen molar-refractivity contribution in [2.45, 2.75) is 19.0 Å². The van der Waals surface area contributed by atoms with Gasteiger partial charge in [0.2, 0.25) is 0 Å². The first kappa shape index (κ1) is 21.4. The van der Waals surface area contributed by atoms with Gasteiger partial charge in [-0.3, -0.25) is 5.43 Å². The van der Waals surface area contributed by atoms with E-state index in [1.807, 2.05) is 0 Å². The van der Waals surface area contributed by atoms with E-state index in [0.717, 1.165) is 24.8 Å². The van der Waals surface area contributed by atoms with Gasteiger partial charge in [-0.15, -0.1) is 0 Å². The predicted octanol–water partition coefficient (Wildman–Crippen LogP) is 3.29. The lowest BCUT2D eigenvalue weighted by atomic mass is 10.2. The molecule has 10 heteroatoms. The van der Waals surface area contributed by atoms with Gasteiger partial charge in [0.25, 0.3) is 0 Å². The molecule has 0 aliphatic carbocycles. The summed E-state index contributed by atoms with van der Waals surface area (Å²) in [5, 5.41) is 7.33. The first-order valence-corrected chi connectivity index (χ1v) is 9.62. The van der Waals surface area contributed by atoms with Gasteiger partial charge in [-0.2, -0.15) is 5.10 Å². The molecule has 0 saturated carbocycles. The van der Waals surface area contributed by atoms with Gasteiger partial charge >= 0.3 is 0 Å². The highest BCUT2D eigenvalue weighted by atomic mass is 35.5. The van der Waals surface area contributed by atoms with Gasteiger partial charge in [0.05, 0.1) is 11.9 Å².